The Morgan fingerprint density at radius 1 is 0.951 bits per heavy atom. The molecule has 0 aliphatic heterocycles. The molecule has 0 unspecified atom stereocenters. The molecule has 0 spiro atoms. The van der Waals surface area contributed by atoms with E-state index in [-0.39, 0.29) is 23.1 Å². The third-order valence-corrected chi connectivity index (χ3v) is 8.67. The average Bonchev–Trinajstić information content (AvgIpc) is 2.94. The van der Waals surface area contributed by atoms with Gasteiger partial charge in [-0.25, -0.2) is 8.42 Å². The molecular formula is C30H36ClN3O6S. The summed E-state index contributed by atoms with van der Waals surface area (Å²) in [6, 6.07) is 15.7. The number of nitrogens with zero attached hydrogens (tertiary/aromatic N) is 2. The first-order chi connectivity index (χ1) is 19.4. The molecule has 0 radical (unpaired) electrons. The predicted octanol–water partition coefficient (Wildman–Crippen LogP) is 4.72. The molecule has 0 saturated carbocycles. The van der Waals surface area contributed by atoms with Crippen molar-refractivity contribution in [3.05, 3.63) is 82.4 Å². The fourth-order valence-electron chi connectivity index (χ4n) is 4.44. The van der Waals surface area contributed by atoms with Crippen molar-refractivity contribution in [1.82, 2.24) is 10.2 Å². The van der Waals surface area contributed by atoms with Crippen LogP contribution in [0.15, 0.2) is 65.6 Å². The number of hydrogen-bond donors (Lipinski definition) is 1. The van der Waals surface area contributed by atoms with E-state index in [1.807, 2.05) is 19.9 Å². The summed E-state index contributed by atoms with van der Waals surface area (Å²) >= 11 is 6.39. The van der Waals surface area contributed by atoms with Gasteiger partial charge in [0.15, 0.2) is 11.5 Å². The van der Waals surface area contributed by atoms with Crippen LogP contribution in [0, 0.1) is 13.8 Å². The number of amides is 2. The summed E-state index contributed by atoms with van der Waals surface area (Å²) in [7, 11) is -1.42. The van der Waals surface area contributed by atoms with Crippen LogP contribution in [0.3, 0.4) is 0 Å². The predicted molar refractivity (Wildman–Crippen MR) is 160 cm³/mol. The van der Waals surface area contributed by atoms with Crippen LogP contribution in [0.2, 0.25) is 5.02 Å². The molecule has 0 heterocycles. The second kappa shape index (κ2) is 13.7. The largest absolute Gasteiger partial charge is 0.493 e. The van der Waals surface area contributed by atoms with Crippen LogP contribution in [0.5, 0.6) is 11.5 Å². The molecule has 3 rings (SSSR count). The zero-order valence-corrected chi connectivity index (χ0v) is 25.7. The van der Waals surface area contributed by atoms with E-state index in [9.17, 15) is 18.0 Å². The Balaban J connectivity index is 2.12. The first kappa shape index (κ1) is 31.8. The minimum absolute atomic E-state index is 0.00784. The molecule has 220 valence electrons. The Hall–Kier alpha value is -3.76. The summed E-state index contributed by atoms with van der Waals surface area (Å²) in [4.78, 5) is 28.1. The number of sulfonamides is 1. The Labute approximate surface area is 247 Å². The summed E-state index contributed by atoms with van der Waals surface area (Å²) in [6.45, 7) is 6.90. The number of hydrogen-bond acceptors (Lipinski definition) is 6. The normalized spacial score (nSPS) is 11.9. The van der Waals surface area contributed by atoms with Crippen molar-refractivity contribution in [2.45, 2.75) is 45.2 Å². The average molecular weight is 602 g/mol. The number of halogens is 1. The number of rotatable bonds is 12. The van der Waals surface area contributed by atoms with Crippen molar-refractivity contribution in [3.63, 3.8) is 0 Å². The van der Waals surface area contributed by atoms with Crippen LogP contribution in [-0.2, 0) is 26.2 Å². The van der Waals surface area contributed by atoms with E-state index in [0.717, 1.165) is 15.4 Å². The number of ether oxygens (including phenoxy) is 2. The molecule has 0 fully saturated rings. The van der Waals surface area contributed by atoms with Gasteiger partial charge >= 0.3 is 0 Å². The number of anilines is 1. The van der Waals surface area contributed by atoms with Gasteiger partial charge in [0.05, 0.1) is 24.8 Å². The van der Waals surface area contributed by atoms with Gasteiger partial charge in [0.25, 0.3) is 10.0 Å². The SMILES string of the molecule is CCNC(=O)[C@@H](C)N(Cc1ccccc1Cl)C(=O)CN(c1cc(C)cc(C)c1)S(=O)(=O)c1ccc(OC)c(OC)c1. The van der Waals surface area contributed by atoms with Gasteiger partial charge in [-0.3, -0.25) is 13.9 Å². The lowest BCUT2D eigenvalue weighted by Crippen LogP contribution is -2.51. The van der Waals surface area contributed by atoms with E-state index in [1.165, 1.54) is 37.3 Å². The van der Waals surface area contributed by atoms with E-state index in [0.29, 0.717) is 28.6 Å². The van der Waals surface area contributed by atoms with E-state index >= 15 is 0 Å². The zero-order chi connectivity index (χ0) is 30.3. The number of carbonyl (C=O) groups excluding carboxylic acids is 2. The van der Waals surface area contributed by atoms with Gasteiger partial charge in [-0.2, -0.15) is 0 Å². The first-order valence-electron chi connectivity index (χ1n) is 13.1. The molecule has 0 aliphatic rings. The van der Waals surface area contributed by atoms with Crippen molar-refractivity contribution in [3.8, 4) is 11.5 Å². The van der Waals surface area contributed by atoms with Crippen molar-refractivity contribution in [2.75, 3.05) is 31.6 Å². The second-order valence-corrected chi connectivity index (χ2v) is 11.8. The fourth-order valence-corrected chi connectivity index (χ4v) is 6.05. The number of nitrogens with one attached hydrogen (secondary N) is 1. The molecule has 0 bridgehead atoms. The highest BCUT2D eigenvalue weighted by molar-refractivity contribution is 7.92. The van der Waals surface area contributed by atoms with Crippen LogP contribution >= 0.6 is 11.6 Å². The minimum atomic E-state index is -4.29. The van der Waals surface area contributed by atoms with Gasteiger partial charge in [-0.1, -0.05) is 35.9 Å². The Kier molecular flexibility index (Phi) is 10.6. The first-order valence-corrected chi connectivity index (χ1v) is 14.9. The molecule has 41 heavy (non-hydrogen) atoms. The van der Waals surface area contributed by atoms with Gasteiger partial charge < -0.3 is 19.7 Å². The number of methoxy groups -OCH3 is 2. The van der Waals surface area contributed by atoms with Crippen molar-refractivity contribution in [1.29, 1.82) is 0 Å². The maximum atomic E-state index is 14.2. The summed E-state index contributed by atoms with van der Waals surface area (Å²) in [5, 5.41) is 3.17. The second-order valence-electron chi connectivity index (χ2n) is 9.56. The van der Waals surface area contributed by atoms with Crippen LogP contribution in [-0.4, -0.2) is 58.5 Å². The van der Waals surface area contributed by atoms with E-state index in [2.05, 4.69) is 5.32 Å². The maximum absolute atomic E-state index is 14.2. The molecule has 11 heteroatoms. The van der Waals surface area contributed by atoms with Gasteiger partial charge in [0, 0.05) is 24.2 Å². The summed E-state index contributed by atoms with van der Waals surface area (Å²) in [5.41, 5.74) is 2.58. The van der Waals surface area contributed by atoms with Crippen LogP contribution in [0.4, 0.5) is 5.69 Å². The van der Waals surface area contributed by atoms with Crippen molar-refractivity contribution >= 4 is 39.1 Å². The lowest BCUT2D eigenvalue weighted by atomic mass is 10.1. The molecule has 3 aromatic carbocycles. The fraction of sp³-hybridized carbons (Fsp3) is 0.333. The Morgan fingerprint density at radius 2 is 1.59 bits per heavy atom. The topological polar surface area (TPSA) is 105 Å². The molecule has 1 atom stereocenters. The highest BCUT2D eigenvalue weighted by atomic mass is 35.5. The molecule has 0 aromatic heterocycles. The molecule has 3 aromatic rings. The molecule has 1 N–H and O–H groups in total. The number of likely N-dealkylation sites (N-methyl/N-ethyl adjacent to an activating group) is 1. The summed E-state index contributed by atoms with van der Waals surface area (Å²) < 4.78 is 40.0. The zero-order valence-electron chi connectivity index (χ0n) is 24.1. The minimum Gasteiger partial charge on any atom is -0.493 e. The highest BCUT2D eigenvalue weighted by Crippen LogP contribution is 2.33. The third kappa shape index (κ3) is 7.51. The van der Waals surface area contributed by atoms with Crippen LogP contribution in [0.25, 0.3) is 0 Å². The van der Waals surface area contributed by atoms with Crippen molar-refractivity contribution in [2.24, 2.45) is 0 Å². The molecule has 9 nitrogen and oxygen atoms in total. The lowest BCUT2D eigenvalue weighted by Gasteiger charge is -2.32. The maximum Gasteiger partial charge on any atom is 0.264 e. The molecular weight excluding hydrogens is 566 g/mol. The highest BCUT2D eigenvalue weighted by Gasteiger charge is 2.33. The van der Waals surface area contributed by atoms with Crippen LogP contribution in [0.1, 0.15) is 30.5 Å². The number of carbonyl (C=O) groups is 2. The number of aryl methyl sites for hydroxylation is 2. The van der Waals surface area contributed by atoms with Gasteiger partial charge in [-0.05, 0) is 74.7 Å². The standard InChI is InChI=1S/C30H36ClN3O6S/c1-7-32-30(36)22(4)33(18-23-10-8-9-11-26(23)31)29(35)19-34(24-15-20(2)14-21(3)16-24)41(37,38)25-12-13-27(39-5)28(17-25)40-6/h8-17,22H,7,18-19H2,1-6H3,(H,32,36)/t22-/m1/s1. The summed E-state index contributed by atoms with van der Waals surface area (Å²) in [6.07, 6.45) is 0. The van der Waals surface area contributed by atoms with Crippen molar-refractivity contribution < 1.29 is 27.5 Å². The Morgan fingerprint density at radius 3 is 2.17 bits per heavy atom. The quantitative estimate of drug-likeness (QED) is 0.322. The lowest BCUT2D eigenvalue weighted by molar-refractivity contribution is -0.139. The monoisotopic (exact) mass is 601 g/mol. The van der Waals surface area contributed by atoms with E-state index in [4.69, 9.17) is 21.1 Å². The molecule has 2 amide bonds. The van der Waals surface area contributed by atoms with Gasteiger partial charge in [0.2, 0.25) is 11.8 Å². The third-order valence-electron chi connectivity index (χ3n) is 6.53. The summed E-state index contributed by atoms with van der Waals surface area (Å²) in [5.74, 6) is -0.354. The van der Waals surface area contributed by atoms with Gasteiger partial charge in [-0.15, -0.1) is 0 Å². The smallest absolute Gasteiger partial charge is 0.264 e. The Bertz CT molecular complexity index is 1490. The van der Waals surface area contributed by atoms with Crippen LogP contribution < -0.4 is 19.1 Å². The number of benzene rings is 3. The molecule has 0 aliphatic carbocycles. The van der Waals surface area contributed by atoms with Gasteiger partial charge in [0.1, 0.15) is 12.6 Å². The molecule has 0 saturated heterocycles. The van der Waals surface area contributed by atoms with E-state index < -0.39 is 28.5 Å². The van der Waals surface area contributed by atoms with E-state index in [1.54, 1.807) is 50.2 Å².